The van der Waals surface area contributed by atoms with Crippen molar-refractivity contribution in [1.29, 1.82) is 0 Å². The van der Waals surface area contributed by atoms with Crippen molar-refractivity contribution in [3.05, 3.63) is 29.3 Å². The summed E-state index contributed by atoms with van der Waals surface area (Å²) in [6.45, 7) is 9.20. The van der Waals surface area contributed by atoms with Crippen molar-refractivity contribution in [1.82, 2.24) is 0 Å². The highest BCUT2D eigenvalue weighted by atomic mass is 16.4. The molecule has 1 fully saturated rings. The van der Waals surface area contributed by atoms with Crippen molar-refractivity contribution >= 4 is 11.7 Å². The smallest absolute Gasteiger partial charge is 0.308 e. The van der Waals surface area contributed by atoms with Crippen molar-refractivity contribution in [2.75, 3.05) is 11.4 Å². The minimum absolute atomic E-state index is 0.304. The van der Waals surface area contributed by atoms with Crippen LogP contribution in [-0.4, -0.2) is 23.2 Å². The van der Waals surface area contributed by atoms with Gasteiger partial charge in [-0.2, -0.15) is 0 Å². The zero-order valence-electron chi connectivity index (χ0n) is 12.2. The highest BCUT2D eigenvalue weighted by Crippen LogP contribution is 2.38. The van der Waals surface area contributed by atoms with Gasteiger partial charge in [-0.1, -0.05) is 17.7 Å². The second-order valence-electron chi connectivity index (χ2n) is 6.13. The summed E-state index contributed by atoms with van der Waals surface area (Å²) in [6, 6.07) is 6.38. The molecule has 0 bridgehead atoms. The molecule has 1 heterocycles. The number of hydrogen-bond acceptors (Lipinski definition) is 2. The Morgan fingerprint density at radius 3 is 2.63 bits per heavy atom. The average Bonchev–Trinajstić information content (AvgIpc) is 2.29. The number of piperidine rings is 1. The molecule has 0 aliphatic carbocycles. The van der Waals surface area contributed by atoms with Crippen LogP contribution in [0.4, 0.5) is 5.69 Å². The minimum atomic E-state index is -0.681. The van der Waals surface area contributed by atoms with Crippen molar-refractivity contribution in [3.8, 4) is 0 Å². The van der Waals surface area contributed by atoms with Crippen molar-refractivity contribution in [2.24, 2.45) is 5.92 Å². The van der Waals surface area contributed by atoms with E-state index in [0.29, 0.717) is 0 Å². The Balaban J connectivity index is 2.40. The number of hydrogen-bond donors (Lipinski definition) is 1. The van der Waals surface area contributed by atoms with E-state index in [0.717, 1.165) is 19.4 Å². The SMILES string of the molecule is Cc1ccc(N2CCCC(C(=O)O)C2(C)C)c(C)c1. The van der Waals surface area contributed by atoms with Gasteiger partial charge in [0, 0.05) is 17.8 Å². The summed E-state index contributed by atoms with van der Waals surface area (Å²) in [5.41, 5.74) is 3.29. The number of aliphatic carboxylic acids is 1. The van der Waals surface area contributed by atoms with Gasteiger partial charge in [0.05, 0.1) is 5.92 Å². The molecular formula is C16H23NO2. The first kappa shape index (κ1) is 13.9. The van der Waals surface area contributed by atoms with Gasteiger partial charge < -0.3 is 10.0 Å². The standard InChI is InChI=1S/C16H23NO2/c1-11-7-8-14(12(2)10-11)17-9-5-6-13(15(18)19)16(17,3)4/h7-8,10,13H,5-6,9H2,1-4H3,(H,18,19). The van der Waals surface area contributed by atoms with E-state index < -0.39 is 5.97 Å². The van der Waals surface area contributed by atoms with Crippen LogP contribution in [0.25, 0.3) is 0 Å². The maximum atomic E-state index is 11.5. The molecule has 1 N–H and O–H groups in total. The quantitative estimate of drug-likeness (QED) is 0.887. The Labute approximate surface area is 115 Å². The molecule has 0 saturated carbocycles. The molecule has 1 aliphatic rings. The fourth-order valence-electron chi connectivity index (χ4n) is 3.25. The van der Waals surface area contributed by atoms with Gasteiger partial charge in [-0.3, -0.25) is 4.79 Å². The summed E-state index contributed by atoms with van der Waals surface area (Å²) < 4.78 is 0. The number of carbonyl (C=O) groups is 1. The third kappa shape index (κ3) is 2.46. The molecular weight excluding hydrogens is 238 g/mol. The first-order chi connectivity index (χ1) is 8.84. The molecule has 0 amide bonds. The zero-order valence-corrected chi connectivity index (χ0v) is 12.2. The van der Waals surface area contributed by atoms with Crippen LogP contribution in [0.15, 0.2) is 18.2 Å². The highest BCUT2D eigenvalue weighted by Gasteiger charge is 2.43. The van der Waals surface area contributed by atoms with Gasteiger partial charge in [-0.05, 0) is 52.2 Å². The number of carboxylic acids is 1. The second kappa shape index (κ2) is 4.87. The van der Waals surface area contributed by atoms with Crippen LogP contribution in [-0.2, 0) is 4.79 Å². The predicted molar refractivity (Wildman–Crippen MR) is 77.7 cm³/mol. The molecule has 1 unspecified atom stereocenters. The van der Waals surface area contributed by atoms with Crippen molar-refractivity contribution in [2.45, 2.75) is 46.1 Å². The van der Waals surface area contributed by atoms with E-state index in [1.54, 1.807) is 0 Å². The van der Waals surface area contributed by atoms with Gasteiger partial charge in [0.15, 0.2) is 0 Å². The number of rotatable bonds is 2. The van der Waals surface area contributed by atoms with Crippen LogP contribution >= 0.6 is 0 Å². The first-order valence-corrected chi connectivity index (χ1v) is 6.91. The fraction of sp³-hybridized carbons (Fsp3) is 0.562. The number of anilines is 1. The van der Waals surface area contributed by atoms with E-state index in [-0.39, 0.29) is 11.5 Å². The number of aryl methyl sites for hydroxylation is 2. The largest absolute Gasteiger partial charge is 0.481 e. The number of nitrogens with zero attached hydrogens (tertiary/aromatic N) is 1. The molecule has 0 radical (unpaired) electrons. The summed E-state index contributed by atoms with van der Waals surface area (Å²) in [5, 5.41) is 9.43. The average molecular weight is 261 g/mol. The summed E-state index contributed by atoms with van der Waals surface area (Å²) >= 11 is 0. The zero-order chi connectivity index (χ0) is 14.2. The molecule has 0 aromatic heterocycles. The summed E-state index contributed by atoms with van der Waals surface area (Å²) in [5.74, 6) is -0.985. The highest BCUT2D eigenvalue weighted by molar-refractivity contribution is 5.74. The lowest BCUT2D eigenvalue weighted by Crippen LogP contribution is -2.56. The van der Waals surface area contributed by atoms with Crippen LogP contribution in [0.3, 0.4) is 0 Å². The molecule has 1 aromatic carbocycles. The normalized spacial score (nSPS) is 22.3. The lowest BCUT2D eigenvalue weighted by Gasteiger charge is -2.48. The van der Waals surface area contributed by atoms with Gasteiger partial charge >= 0.3 is 5.97 Å². The third-order valence-electron chi connectivity index (χ3n) is 4.36. The van der Waals surface area contributed by atoms with Gasteiger partial charge in [0.1, 0.15) is 0 Å². The third-order valence-corrected chi connectivity index (χ3v) is 4.36. The van der Waals surface area contributed by atoms with Crippen LogP contribution in [0.1, 0.15) is 37.8 Å². The van der Waals surface area contributed by atoms with Crippen LogP contribution in [0.5, 0.6) is 0 Å². The van der Waals surface area contributed by atoms with Gasteiger partial charge in [-0.25, -0.2) is 0 Å². The van der Waals surface area contributed by atoms with E-state index in [4.69, 9.17) is 0 Å². The van der Waals surface area contributed by atoms with Crippen molar-refractivity contribution < 1.29 is 9.90 Å². The van der Waals surface area contributed by atoms with Gasteiger partial charge in [-0.15, -0.1) is 0 Å². The maximum absolute atomic E-state index is 11.5. The van der Waals surface area contributed by atoms with Crippen LogP contribution in [0, 0.1) is 19.8 Å². The Morgan fingerprint density at radius 2 is 2.05 bits per heavy atom. The van der Waals surface area contributed by atoms with Crippen LogP contribution < -0.4 is 4.90 Å². The molecule has 0 spiro atoms. The Bertz CT molecular complexity index is 494. The Kier molecular flexibility index (Phi) is 3.57. The van der Waals surface area contributed by atoms with E-state index in [9.17, 15) is 9.90 Å². The molecule has 1 atom stereocenters. The topological polar surface area (TPSA) is 40.5 Å². The first-order valence-electron chi connectivity index (χ1n) is 6.91. The summed E-state index contributed by atoms with van der Waals surface area (Å²) in [4.78, 5) is 13.7. The minimum Gasteiger partial charge on any atom is -0.481 e. The monoisotopic (exact) mass is 261 g/mol. The van der Waals surface area contributed by atoms with Crippen LogP contribution in [0.2, 0.25) is 0 Å². The Hall–Kier alpha value is -1.51. The molecule has 3 nitrogen and oxygen atoms in total. The Morgan fingerprint density at radius 1 is 1.37 bits per heavy atom. The summed E-state index contributed by atoms with van der Waals surface area (Å²) in [6.07, 6.45) is 1.71. The van der Waals surface area contributed by atoms with E-state index in [1.165, 1.54) is 16.8 Å². The summed E-state index contributed by atoms with van der Waals surface area (Å²) in [7, 11) is 0. The second-order valence-corrected chi connectivity index (χ2v) is 6.13. The molecule has 3 heteroatoms. The lowest BCUT2D eigenvalue weighted by molar-refractivity contribution is -0.144. The number of benzene rings is 1. The molecule has 1 aromatic rings. The predicted octanol–water partition coefficient (Wildman–Crippen LogP) is 3.38. The fourth-order valence-corrected chi connectivity index (χ4v) is 3.25. The molecule has 1 saturated heterocycles. The molecule has 2 rings (SSSR count). The molecule has 19 heavy (non-hydrogen) atoms. The maximum Gasteiger partial charge on any atom is 0.308 e. The van der Waals surface area contributed by atoms with E-state index in [2.05, 4.69) is 36.9 Å². The number of carboxylic acid groups (broad SMARTS) is 1. The molecule has 104 valence electrons. The lowest BCUT2D eigenvalue weighted by atomic mass is 9.78. The van der Waals surface area contributed by atoms with E-state index >= 15 is 0 Å². The van der Waals surface area contributed by atoms with Gasteiger partial charge in [0.2, 0.25) is 0 Å². The molecule has 1 aliphatic heterocycles. The van der Waals surface area contributed by atoms with Gasteiger partial charge in [0.25, 0.3) is 0 Å². The van der Waals surface area contributed by atoms with E-state index in [1.807, 2.05) is 13.8 Å². The van der Waals surface area contributed by atoms with Crippen molar-refractivity contribution in [3.63, 3.8) is 0 Å².